The summed E-state index contributed by atoms with van der Waals surface area (Å²) in [6.45, 7) is 0.389. The summed E-state index contributed by atoms with van der Waals surface area (Å²) in [7, 11) is 2.85. The Labute approximate surface area is 180 Å². The lowest BCUT2D eigenvalue weighted by molar-refractivity contribution is -0.119. The molecule has 0 aromatic heterocycles. The predicted molar refractivity (Wildman–Crippen MR) is 109 cm³/mol. The maximum Gasteiger partial charge on any atom is 0.338 e. The summed E-state index contributed by atoms with van der Waals surface area (Å²) in [6, 6.07) is 6.12. The van der Waals surface area contributed by atoms with E-state index in [-0.39, 0.29) is 16.3 Å². The molecule has 0 bridgehead atoms. The van der Waals surface area contributed by atoms with E-state index >= 15 is 0 Å². The molecule has 0 unspecified atom stereocenters. The number of hydrogen-bond donors (Lipinski definition) is 1. The third-order valence-electron chi connectivity index (χ3n) is 3.91. The number of ether oxygens (including phenoxy) is 5. The first-order valence-corrected chi connectivity index (χ1v) is 9.57. The number of benzene rings is 2. The van der Waals surface area contributed by atoms with E-state index in [0.29, 0.717) is 40.6 Å². The van der Waals surface area contributed by atoms with Crippen molar-refractivity contribution in [2.45, 2.75) is 0 Å². The molecule has 0 atom stereocenters. The Morgan fingerprint density at radius 1 is 1.10 bits per heavy atom. The summed E-state index contributed by atoms with van der Waals surface area (Å²) in [4.78, 5) is 24.5. The molecular weight excluding hydrogens is 470 g/mol. The van der Waals surface area contributed by atoms with Crippen LogP contribution < -0.4 is 24.3 Å². The zero-order valence-corrected chi connectivity index (χ0v) is 17.9. The van der Waals surface area contributed by atoms with Crippen LogP contribution in [0.15, 0.2) is 28.7 Å². The van der Waals surface area contributed by atoms with Crippen molar-refractivity contribution in [2.24, 2.45) is 0 Å². The second kappa shape index (κ2) is 9.23. The molecule has 2 aromatic rings. The smallest absolute Gasteiger partial charge is 0.338 e. The van der Waals surface area contributed by atoms with Crippen LogP contribution in [0.5, 0.6) is 23.0 Å². The molecule has 8 nitrogen and oxygen atoms in total. The Kier molecular flexibility index (Phi) is 6.71. The SMILES string of the molecule is COc1cc(C(=O)OCC(=O)Nc2cc3c(cc2Br)OCCO3)cc(Cl)c1OC. The van der Waals surface area contributed by atoms with Crippen molar-refractivity contribution >= 4 is 45.1 Å². The van der Waals surface area contributed by atoms with E-state index < -0.39 is 18.5 Å². The highest BCUT2D eigenvalue weighted by Crippen LogP contribution is 2.38. The van der Waals surface area contributed by atoms with Crippen LogP contribution >= 0.6 is 27.5 Å². The molecule has 0 fully saturated rings. The van der Waals surface area contributed by atoms with Crippen molar-refractivity contribution in [3.8, 4) is 23.0 Å². The molecular formula is C19H17BrClNO7. The van der Waals surface area contributed by atoms with Crippen molar-refractivity contribution in [1.29, 1.82) is 0 Å². The first-order chi connectivity index (χ1) is 13.9. The Morgan fingerprint density at radius 3 is 2.45 bits per heavy atom. The highest BCUT2D eigenvalue weighted by molar-refractivity contribution is 9.10. The lowest BCUT2D eigenvalue weighted by atomic mass is 10.2. The van der Waals surface area contributed by atoms with Gasteiger partial charge in [0.15, 0.2) is 29.6 Å². The molecule has 0 radical (unpaired) electrons. The summed E-state index contributed by atoms with van der Waals surface area (Å²) in [5.74, 6) is 0.416. The lowest BCUT2D eigenvalue weighted by Crippen LogP contribution is -2.21. The van der Waals surface area contributed by atoms with Gasteiger partial charge in [-0.2, -0.15) is 0 Å². The van der Waals surface area contributed by atoms with E-state index in [9.17, 15) is 9.59 Å². The van der Waals surface area contributed by atoms with Crippen LogP contribution in [0.1, 0.15) is 10.4 Å². The van der Waals surface area contributed by atoms with Gasteiger partial charge in [0, 0.05) is 16.6 Å². The summed E-state index contributed by atoms with van der Waals surface area (Å²) in [5.41, 5.74) is 0.588. The molecule has 1 heterocycles. The van der Waals surface area contributed by atoms with Gasteiger partial charge in [-0.25, -0.2) is 4.79 Å². The van der Waals surface area contributed by atoms with Gasteiger partial charge in [0.2, 0.25) is 0 Å². The number of hydrogen-bond acceptors (Lipinski definition) is 7. The number of nitrogens with one attached hydrogen (secondary N) is 1. The number of halogens is 2. The number of methoxy groups -OCH3 is 2. The molecule has 0 spiro atoms. The third-order valence-corrected chi connectivity index (χ3v) is 4.85. The summed E-state index contributed by atoms with van der Waals surface area (Å²) >= 11 is 9.44. The second-order valence-corrected chi connectivity index (χ2v) is 7.06. The van der Waals surface area contributed by atoms with Crippen LogP contribution in [-0.2, 0) is 9.53 Å². The number of carbonyl (C=O) groups is 2. The molecule has 0 aliphatic carbocycles. The van der Waals surface area contributed by atoms with E-state index in [1.54, 1.807) is 12.1 Å². The average Bonchev–Trinajstić information content (AvgIpc) is 2.71. The summed E-state index contributed by atoms with van der Waals surface area (Å²) < 4.78 is 26.9. The largest absolute Gasteiger partial charge is 0.493 e. The van der Waals surface area contributed by atoms with Gasteiger partial charge in [-0.1, -0.05) is 11.6 Å². The fourth-order valence-electron chi connectivity index (χ4n) is 2.60. The summed E-state index contributed by atoms with van der Waals surface area (Å²) in [6.07, 6.45) is 0. The topological polar surface area (TPSA) is 92.3 Å². The van der Waals surface area contributed by atoms with Crippen LogP contribution in [0.2, 0.25) is 5.02 Å². The average molecular weight is 487 g/mol. The fraction of sp³-hybridized carbons (Fsp3) is 0.263. The number of esters is 1. The molecule has 29 heavy (non-hydrogen) atoms. The first-order valence-electron chi connectivity index (χ1n) is 8.40. The number of carbonyl (C=O) groups excluding carboxylic acids is 2. The zero-order chi connectivity index (χ0) is 21.0. The number of rotatable bonds is 6. The minimum absolute atomic E-state index is 0.126. The van der Waals surface area contributed by atoms with Crippen molar-refractivity contribution < 1.29 is 33.3 Å². The Balaban J connectivity index is 1.64. The molecule has 2 aromatic carbocycles. The van der Waals surface area contributed by atoms with Crippen LogP contribution in [0.4, 0.5) is 5.69 Å². The molecule has 1 aliphatic heterocycles. The molecule has 10 heteroatoms. The van der Waals surface area contributed by atoms with Gasteiger partial charge in [-0.3, -0.25) is 4.79 Å². The monoisotopic (exact) mass is 485 g/mol. The van der Waals surface area contributed by atoms with Gasteiger partial charge in [0.1, 0.15) is 13.2 Å². The van der Waals surface area contributed by atoms with Gasteiger partial charge in [0.05, 0.1) is 30.5 Å². The predicted octanol–water partition coefficient (Wildman–Crippen LogP) is 3.69. The van der Waals surface area contributed by atoms with E-state index in [0.717, 1.165) is 0 Å². The van der Waals surface area contributed by atoms with Crippen molar-refractivity contribution in [1.82, 2.24) is 0 Å². The van der Waals surface area contributed by atoms with E-state index in [4.69, 9.17) is 35.3 Å². The molecule has 0 saturated heterocycles. The lowest BCUT2D eigenvalue weighted by Gasteiger charge is -2.20. The highest BCUT2D eigenvalue weighted by Gasteiger charge is 2.19. The minimum atomic E-state index is -0.732. The fourth-order valence-corrected chi connectivity index (χ4v) is 3.31. The Bertz CT molecular complexity index is 951. The molecule has 154 valence electrons. The molecule has 1 aliphatic rings. The maximum absolute atomic E-state index is 12.3. The third kappa shape index (κ3) is 4.86. The van der Waals surface area contributed by atoms with Gasteiger partial charge in [-0.15, -0.1) is 0 Å². The Morgan fingerprint density at radius 2 is 1.79 bits per heavy atom. The standard InChI is InChI=1S/C19H17BrClNO7/c1-25-16-6-10(5-12(21)18(16)26-2)19(24)29-9-17(23)22-13-8-15-14(7-11(13)20)27-3-4-28-15/h5-8H,3-4,9H2,1-2H3,(H,22,23). The van der Waals surface area contributed by atoms with Crippen LogP contribution in [0.3, 0.4) is 0 Å². The van der Waals surface area contributed by atoms with Crippen molar-refractivity contribution in [3.05, 3.63) is 39.3 Å². The molecule has 3 rings (SSSR count). The number of fused-ring (bicyclic) bond motifs is 1. The maximum atomic E-state index is 12.3. The van der Waals surface area contributed by atoms with E-state index in [2.05, 4.69) is 21.2 Å². The Hall–Kier alpha value is -2.65. The van der Waals surface area contributed by atoms with E-state index in [1.165, 1.54) is 26.4 Å². The van der Waals surface area contributed by atoms with Gasteiger partial charge >= 0.3 is 5.97 Å². The van der Waals surface area contributed by atoms with Crippen LogP contribution in [-0.4, -0.2) is 45.9 Å². The van der Waals surface area contributed by atoms with Crippen molar-refractivity contribution in [2.75, 3.05) is 39.4 Å². The van der Waals surface area contributed by atoms with Crippen molar-refractivity contribution in [3.63, 3.8) is 0 Å². The van der Waals surface area contributed by atoms with E-state index in [1.807, 2.05) is 0 Å². The van der Waals surface area contributed by atoms with Gasteiger partial charge in [0.25, 0.3) is 5.91 Å². The van der Waals surface area contributed by atoms with Gasteiger partial charge in [-0.05, 0) is 28.1 Å². The number of amides is 1. The second-order valence-electron chi connectivity index (χ2n) is 5.79. The zero-order valence-electron chi connectivity index (χ0n) is 15.5. The highest BCUT2D eigenvalue weighted by atomic mass is 79.9. The van der Waals surface area contributed by atoms with Crippen LogP contribution in [0, 0.1) is 0 Å². The number of anilines is 1. The quantitative estimate of drug-likeness (QED) is 0.623. The van der Waals surface area contributed by atoms with Crippen LogP contribution in [0.25, 0.3) is 0 Å². The molecule has 0 saturated carbocycles. The molecule has 1 N–H and O–H groups in total. The van der Waals surface area contributed by atoms with Gasteiger partial charge < -0.3 is 29.0 Å². The normalized spacial score (nSPS) is 12.1. The minimum Gasteiger partial charge on any atom is -0.493 e. The first kappa shape index (κ1) is 21.1. The summed E-state index contributed by atoms with van der Waals surface area (Å²) in [5, 5.41) is 2.83. The molecule has 1 amide bonds.